The fraction of sp³-hybridized carbons (Fsp3) is 0.636. The molecule has 0 radical (unpaired) electrons. The predicted octanol–water partition coefficient (Wildman–Crippen LogP) is 2.41. The van der Waals surface area contributed by atoms with Crippen molar-refractivity contribution < 1.29 is 4.21 Å². The van der Waals surface area contributed by atoms with Crippen LogP contribution in [0.3, 0.4) is 0 Å². The van der Waals surface area contributed by atoms with Crippen molar-refractivity contribution >= 4 is 22.1 Å². The lowest BCUT2D eigenvalue weighted by Crippen LogP contribution is -2.28. The second-order valence-corrected chi connectivity index (χ2v) is 6.50. The molecule has 2 nitrogen and oxygen atoms in total. The second kappa shape index (κ2) is 6.40. The Hall–Kier alpha value is -0.190. The first kappa shape index (κ1) is 12.9. The monoisotopic (exact) mass is 245 g/mol. The number of rotatable bonds is 6. The molecule has 1 aromatic rings. The molecule has 4 heteroatoms. The van der Waals surface area contributed by atoms with E-state index in [4.69, 9.17) is 0 Å². The molecule has 86 valence electrons. The summed E-state index contributed by atoms with van der Waals surface area (Å²) in [6.45, 7) is 5.24. The topological polar surface area (TPSA) is 29.1 Å². The van der Waals surface area contributed by atoms with Crippen LogP contribution < -0.4 is 5.32 Å². The third-order valence-corrected chi connectivity index (χ3v) is 4.00. The van der Waals surface area contributed by atoms with Crippen molar-refractivity contribution in [3.8, 4) is 0 Å². The minimum atomic E-state index is -0.701. The molecule has 1 heterocycles. The molecule has 1 aromatic heterocycles. The average Bonchev–Trinajstić information content (AvgIpc) is 2.63. The zero-order valence-electron chi connectivity index (χ0n) is 9.53. The quantitative estimate of drug-likeness (QED) is 0.834. The molecule has 0 spiro atoms. The predicted molar refractivity (Wildman–Crippen MR) is 68.8 cm³/mol. The first-order valence-electron chi connectivity index (χ1n) is 5.18. The molecule has 0 aliphatic heterocycles. The minimum absolute atomic E-state index is 0.397. The smallest absolute Gasteiger partial charge is 0.0438 e. The third-order valence-electron chi connectivity index (χ3n) is 2.27. The van der Waals surface area contributed by atoms with E-state index in [0.717, 1.165) is 12.3 Å². The van der Waals surface area contributed by atoms with Crippen molar-refractivity contribution in [3.05, 3.63) is 22.4 Å². The molecular formula is C11H19NOS2. The number of thiophene rings is 1. The Morgan fingerprint density at radius 3 is 2.73 bits per heavy atom. The normalized spacial score (nSPS) is 15.5. The Kier molecular flexibility index (Phi) is 5.50. The molecule has 0 saturated carbocycles. The van der Waals surface area contributed by atoms with Crippen LogP contribution in [0.25, 0.3) is 0 Å². The Balaban J connectivity index is 2.49. The average molecular weight is 245 g/mol. The minimum Gasteiger partial charge on any atom is -0.308 e. The maximum atomic E-state index is 11.0. The van der Waals surface area contributed by atoms with E-state index in [9.17, 15) is 4.21 Å². The molecule has 1 rings (SSSR count). The van der Waals surface area contributed by atoms with Gasteiger partial charge in [0.2, 0.25) is 0 Å². The van der Waals surface area contributed by atoms with Gasteiger partial charge in [0, 0.05) is 40.3 Å². The Labute approximate surface area is 98.6 Å². The van der Waals surface area contributed by atoms with Crippen LogP contribution in [0.5, 0.6) is 0 Å². The number of hydrogen-bond acceptors (Lipinski definition) is 3. The molecule has 1 N–H and O–H groups in total. The van der Waals surface area contributed by atoms with Gasteiger partial charge in [-0.15, -0.1) is 11.3 Å². The summed E-state index contributed by atoms with van der Waals surface area (Å²) >= 11 is 1.78. The van der Waals surface area contributed by atoms with Gasteiger partial charge in [-0.25, -0.2) is 0 Å². The van der Waals surface area contributed by atoms with E-state index in [-0.39, 0.29) is 0 Å². The van der Waals surface area contributed by atoms with Crippen LogP contribution in [-0.2, 0) is 10.8 Å². The Bertz CT molecular complexity index is 296. The zero-order chi connectivity index (χ0) is 11.3. The highest BCUT2D eigenvalue weighted by atomic mass is 32.2. The lowest BCUT2D eigenvalue weighted by molar-refractivity contribution is 0.428. The highest BCUT2D eigenvalue weighted by Crippen LogP contribution is 2.25. The van der Waals surface area contributed by atoms with Gasteiger partial charge in [-0.2, -0.15) is 0 Å². The Morgan fingerprint density at radius 1 is 1.53 bits per heavy atom. The summed E-state index contributed by atoms with van der Waals surface area (Å²) in [4.78, 5) is 1.37. The highest BCUT2D eigenvalue weighted by Gasteiger charge is 2.15. The molecule has 0 amide bonds. The first-order valence-corrected chi connectivity index (χ1v) is 7.78. The van der Waals surface area contributed by atoms with E-state index in [0.29, 0.717) is 12.0 Å². The van der Waals surface area contributed by atoms with Crippen LogP contribution >= 0.6 is 11.3 Å². The molecule has 0 aromatic carbocycles. The van der Waals surface area contributed by atoms with Crippen LogP contribution in [0.15, 0.2) is 17.5 Å². The van der Waals surface area contributed by atoms with E-state index in [2.05, 4.69) is 36.7 Å². The first-order chi connectivity index (χ1) is 7.11. The van der Waals surface area contributed by atoms with Crippen LogP contribution in [0.4, 0.5) is 0 Å². The fourth-order valence-electron chi connectivity index (χ4n) is 1.49. The van der Waals surface area contributed by atoms with Crippen LogP contribution in [0, 0.1) is 5.92 Å². The van der Waals surface area contributed by atoms with Crippen molar-refractivity contribution in [1.82, 2.24) is 5.32 Å². The van der Waals surface area contributed by atoms with Crippen molar-refractivity contribution in [1.29, 1.82) is 0 Å². The summed E-state index contributed by atoms with van der Waals surface area (Å²) in [6, 6.07) is 4.63. The molecule has 2 unspecified atom stereocenters. The fourth-order valence-corrected chi connectivity index (χ4v) is 2.87. The van der Waals surface area contributed by atoms with E-state index in [1.165, 1.54) is 4.88 Å². The number of hydrogen-bond donors (Lipinski definition) is 1. The maximum Gasteiger partial charge on any atom is 0.0438 e. The SMILES string of the molecule is CC(C)C(NCCS(C)=O)c1cccs1. The molecule has 0 aliphatic rings. The Morgan fingerprint density at radius 2 is 2.27 bits per heavy atom. The summed E-state index contributed by atoms with van der Waals surface area (Å²) in [5.41, 5.74) is 0. The van der Waals surface area contributed by atoms with Crippen LogP contribution in [0.2, 0.25) is 0 Å². The van der Waals surface area contributed by atoms with Gasteiger partial charge in [0.15, 0.2) is 0 Å². The molecule has 0 aliphatic carbocycles. The van der Waals surface area contributed by atoms with Crippen LogP contribution in [-0.4, -0.2) is 22.8 Å². The molecule has 15 heavy (non-hydrogen) atoms. The van der Waals surface area contributed by atoms with Gasteiger partial charge in [-0.1, -0.05) is 19.9 Å². The standard InChI is InChI=1S/C11H19NOS2/c1-9(2)11(10-5-4-7-14-10)12-6-8-15(3)13/h4-5,7,9,11-12H,6,8H2,1-3H3. The van der Waals surface area contributed by atoms with Gasteiger partial charge in [0.05, 0.1) is 0 Å². The molecule has 0 bridgehead atoms. The van der Waals surface area contributed by atoms with Gasteiger partial charge < -0.3 is 5.32 Å². The van der Waals surface area contributed by atoms with Gasteiger partial charge >= 0.3 is 0 Å². The summed E-state index contributed by atoms with van der Waals surface area (Å²) < 4.78 is 11.0. The van der Waals surface area contributed by atoms with E-state index in [1.54, 1.807) is 17.6 Å². The lowest BCUT2D eigenvalue weighted by Gasteiger charge is -2.20. The second-order valence-electron chi connectivity index (χ2n) is 3.97. The number of nitrogens with one attached hydrogen (secondary N) is 1. The summed E-state index contributed by atoms with van der Waals surface area (Å²) in [5.74, 6) is 1.29. The molecule has 0 fully saturated rings. The van der Waals surface area contributed by atoms with Crippen molar-refractivity contribution in [2.75, 3.05) is 18.6 Å². The van der Waals surface area contributed by atoms with E-state index < -0.39 is 10.8 Å². The van der Waals surface area contributed by atoms with E-state index >= 15 is 0 Å². The largest absolute Gasteiger partial charge is 0.308 e. The molecule has 2 atom stereocenters. The van der Waals surface area contributed by atoms with Crippen molar-refractivity contribution in [2.45, 2.75) is 19.9 Å². The summed E-state index contributed by atoms with van der Waals surface area (Å²) in [6.07, 6.45) is 1.75. The van der Waals surface area contributed by atoms with Gasteiger partial charge in [0.1, 0.15) is 0 Å². The summed E-state index contributed by atoms with van der Waals surface area (Å²) in [5, 5.41) is 5.57. The maximum absolute atomic E-state index is 11.0. The third kappa shape index (κ3) is 4.45. The zero-order valence-corrected chi connectivity index (χ0v) is 11.2. The molecular weight excluding hydrogens is 226 g/mol. The van der Waals surface area contributed by atoms with Gasteiger partial charge in [0.25, 0.3) is 0 Å². The molecule has 0 saturated heterocycles. The highest BCUT2D eigenvalue weighted by molar-refractivity contribution is 7.84. The van der Waals surface area contributed by atoms with Crippen molar-refractivity contribution in [2.24, 2.45) is 5.92 Å². The van der Waals surface area contributed by atoms with Gasteiger partial charge in [-0.3, -0.25) is 4.21 Å². The van der Waals surface area contributed by atoms with E-state index in [1.807, 2.05) is 0 Å². The lowest BCUT2D eigenvalue weighted by atomic mass is 10.0. The van der Waals surface area contributed by atoms with Gasteiger partial charge in [-0.05, 0) is 17.4 Å². The van der Waals surface area contributed by atoms with Crippen LogP contribution in [0.1, 0.15) is 24.8 Å². The summed E-state index contributed by atoms with van der Waals surface area (Å²) in [7, 11) is -0.701. The van der Waals surface area contributed by atoms with Crippen molar-refractivity contribution in [3.63, 3.8) is 0 Å².